The summed E-state index contributed by atoms with van der Waals surface area (Å²) in [6, 6.07) is 0. The lowest BCUT2D eigenvalue weighted by atomic mass is 9.92. The second-order valence-electron chi connectivity index (χ2n) is 4.96. The minimum absolute atomic E-state index is 0.0329. The molecule has 1 aliphatic heterocycles. The highest BCUT2D eigenvalue weighted by Gasteiger charge is 2.33. The van der Waals surface area contributed by atoms with Gasteiger partial charge in [0, 0.05) is 0 Å². The summed E-state index contributed by atoms with van der Waals surface area (Å²) in [6.45, 7) is 5.21. The monoisotopic (exact) mass is 224 g/mol. The average Bonchev–Trinajstić information content (AvgIpc) is 2.24. The van der Waals surface area contributed by atoms with Crippen LogP contribution in [0.1, 0.15) is 33.6 Å². The Bertz CT molecular complexity index is 334. The molecular formula is C12H20N2O2. The molecule has 0 amide bonds. The average molecular weight is 224 g/mol. The Morgan fingerprint density at radius 2 is 1.94 bits per heavy atom. The van der Waals surface area contributed by atoms with Crippen molar-refractivity contribution < 1.29 is 9.59 Å². The van der Waals surface area contributed by atoms with E-state index in [1.165, 1.54) is 6.92 Å². The van der Waals surface area contributed by atoms with Crippen LogP contribution >= 0.6 is 0 Å². The molecule has 0 fully saturated rings. The summed E-state index contributed by atoms with van der Waals surface area (Å²) in [7, 11) is 0. The van der Waals surface area contributed by atoms with Crippen molar-refractivity contribution >= 4 is 11.6 Å². The Morgan fingerprint density at radius 1 is 1.38 bits per heavy atom. The number of nitrogens with one attached hydrogen (secondary N) is 1. The maximum absolute atomic E-state index is 11.8. The third kappa shape index (κ3) is 2.77. The molecule has 1 rings (SSSR count). The quantitative estimate of drug-likeness (QED) is 0.638. The largest absolute Gasteiger partial charge is 0.319 e. The molecule has 0 saturated carbocycles. The van der Waals surface area contributed by atoms with Gasteiger partial charge in [0.1, 0.15) is 5.78 Å². The molecule has 2 unspecified atom stereocenters. The van der Waals surface area contributed by atoms with Crippen molar-refractivity contribution in [1.82, 2.24) is 5.32 Å². The third-order valence-electron chi connectivity index (χ3n) is 3.29. The first-order chi connectivity index (χ1) is 7.28. The molecule has 0 aromatic heterocycles. The summed E-state index contributed by atoms with van der Waals surface area (Å²) in [4.78, 5) is 23.3. The summed E-state index contributed by atoms with van der Waals surface area (Å²) >= 11 is 0. The van der Waals surface area contributed by atoms with Crippen molar-refractivity contribution in [1.29, 1.82) is 0 Å². The number of hydrogen-bond donors (Lipinski definition) is 2. The zero-order valence-electron chi connectivity index (χ0n) is 10.2. The molecule has 0 aliphatic carbocycles. The second-order valence-corrected chi connectivity index (χ2v) is 4.96. The van der Waals surface area contributed by atoms with Crippen molar-refractivity contribution in [3.8, 4) is 0 Å². The van der Waals surface area contributed by atoms with Crippen LogP contribution in [0.3, 0.4) is 0 Å². The van der Waals surface area contributed by atoms with Crippen LogP contribution in [0.15, 0.2) is 12.2 Å². The van der Waals surface area contributed by atoms with E-state index < -0.39 is 11.1 Å². The van der Waals surface area contributed by atoms with E-state index >= 15 is 0 Å². The normalized spacial score (nSPS) is 38.4. The van der Waals surface area contributed by atoms with Gasteiger partial charge < -0.3 is 5.73 Å². The minimum Gasteiger partial charge on any atom is -0.319 e. The number of hydrogen-bond acceptors (Lipinski definition) is 4. The molecule has 2 atom stereocenters. The van der Waals surface area contributed by atoms with Gasteiger partial charge >= 0.3 is 0 Å². The van der Waals surface area contributed by atoms with Crippen LogP contribution in [0, 0.1) is 0 Å². The number of nitrogens with two attached hydrogens (primary N) is 1. The van der Waals surface area contributed by atoms with Gasteiger partial charge in [-0.1, -0.05) is 12.2 Å². The lowest BCUT2D eigenvalue weighted by Gasteiger charge is -2.27. The molecule has 4 nitrogen and oxygen atoms in total. The van der Waals surface area contributed by atoms with Crippen LogP contribution in [-0.4, -0.2) is 29.2 Å². The molecular weight excluding hydrogens is 204 g/mol. The molecule has 1 heterocycles. The van der Waals surface area contributed by atoms with E-state index in [-0.39, 0.29) is 18.1 Å². The number of Topliss-reactive ketones (excluding diaryl/α,β-unsaturated/α-hetero) is 2. The van der Waals surface area contributed by atoms with Gasteiger partial charge in [-0.05, 0) is 33.6 Å². The van der Waals surface area contributed by atoms with Crippen molar-refractivity contribution in [3.63, 3.8) is 0 Å². The van der Waals surface area contributed by atoms with Crippen molar-refractivity contribution in [3.05, 3.63) is 12.2 Å². The molecule has 16 heavy (non-hydrogen) atoms. The predicted molar refractivity (Wildman–Crippen MR) is 63.1 cm³/mol. The van der Waals surface area contributed by atoms with Crippen LogP contribution in [-0.2, 0) is 9.59 Å². The number of ketones is 2. The van der Waals surface area contributed by atoms with Crippen LogP contribution in [0.5, 0.6) is 0 Å². The molecule has 0 aromatic carbocycles. The summed E-state index contributed by atoms with van der Waals surface area (Å²) in [5.74, 6) is -0.0305. The number of carbonyl (C=O) groups is 2. The van der Waals surface area contributed by atoms with Crippen LogP contribution in [0.4, 0.5) is 0 Å². The summed E-state index contributed by atoms with van der Waals surface area (Å²) < 4.78 is 0. The Kier molecular flexibility index (Phi) is 3.65. The Balaban J connectivity index is 2.89. The summed E-state index contributed by atoms with van der Waals surface area (Å²) in [6.07, 6.45) is 4.90. The van der Waals surface area contributed by atoms with Gasteiger partial charge in [0.15, 0.2) is 5.78 Å². The molecule has 90 valence electrons. The van der Waals surface area contributed by atoms with Gasteiger partial charge in [0.25, 0.3) is 0 Å². The lowest BCUT2D eigenvalue weighted by molar-refractivity contribution is -0.125. The van der Waals surface area contributed by atoms with Gasteiger partial charge in [0.2, 0.25) is 0 Å². The highest BCUT2D eigenvalue weighted by molar-refractivity contribution is 5.91. The second kappa shape index (κ2) is 4.47. The molecule has 1 aliphatic rings. The fourth-order valence-electron chi connectivity index (χ4n) is 1.58. The van der Waals surface area contributed by atoms with E-state index in [0.29, 0.717) is 12.8 Å². The molecule has 0 bridgehead atoms. The predicted octanol–water partition coefficient (Wildman–Crippen LogP) is 0.560. The number of carbonyl (C=O) groups excluding carboxylic acids is 2. The van der Waals surface area contributed by atoms with E-state index in [4.69, 9.17) is 5.73 Å². The summed E-state index contributed by atoms with van der Waals surface area (Å²) in [5, 5.41) is 3.01. The van der Waals surface area contributed by atoms with Gasteiger partial charge in [-0.25, -0.2) is 0 Å². The van der Waals surface area contributed by atoms with Gasteiger partial charge in [-0.3, -0.25) is 14.9 Å². The fraction of sp³-hybridized carbons (Fsp3) is 0.667. The molecule has 3 N–H and O–H groups in total. The van der Waals surface area contributed by atoms with Gasteiger partial charge in [-0.15, -0.1) is 0 Å². The first-order valence-corrected chi connectivity index (χ1v) is 5.51. The van der Waals surface area contributed by atoms with Crippen LogP contribution < -0.4 is 11.1 Å². The van der Waals surface area contributed by atoms with E-state index in [1.54, 1.807) is 6.92 Å². The van der Waals surface area contributed by atoms with E-state index in [0.717, 1.165) is 0 Å². The maximum atomic E-state index is 11.8. The third-order valence-corrected chi connectivity index (χ3v) is 3.29. The number of rotatable bonds is 1. The van der Waals surface area contributed by atoms with Gasteiger partial charge in [-0.2, -0.15) is 0 Å². The highest BCUT2D eigenvalue weighted by atomic mass is 16.1. The fourth-order valence-corrected chi connectivity index (χ4v) is 1.58. The zero-order valence-corrected chi connectivity index (χ0v) is 10.2. The van der Waals surface area contributed by atoms with E-state index in [9.17, 15) is 9.59 Å². The standard InChI is InChI=1S/C12H20N2O2/c1-9(15)12(3)7-5-4-6-11(2,13)10(16)8-14-12/h4-5,14H,6-8,13H2,1-3H3/b5-4-. The van der Waals surface area contributed by atoms with Crippen LogP contribution in [0.2, 0.25) is 0 Å². The van der Waals surface area contributed by atoms with E-state index in [1.807, 2.05) is 19.1 Å². The maximum Gasteiger partial charge on any atom is 0.166 e. The molecule has 0 saturated heterocycles. The van der Waals surface area contributed by atoms with Crippen molar-refractivity contribution in [2.24, 2.45) is 5.73 Å². The lowest BCUT2D eigenvalue weighted by Crippen LogP contribution is -2.54. The topological polar surface area (TPSA) is 72.2 Å². The van der Waals surface area contributed by atoms with Crippen LogP contribution in [0.25, 0.3) is 0 Å². The molecule has 0 spiro atoms. The smallest absolute Gasteiger partial charge is 0.166 e. The Labute approximate surface area is 96.3 Å². The van der Waals surface area contributed by atoms with Crippen molar-refractivity contribution in [2.75, 3.05) is 6.54 Å². The zero-order chi connectivity index (χ0) is 12.4. The summed E-state index contributed by atoms with van der Waals surface area (Å²) in [5.41, 5.74) is 4.40. The Morgan fingerprint density at radius 3 is 2.50 bits per heavy atom. The molecule has 0 radical (unpaired) electrons. The van der Waals surface area contributed by atoms with Crippen molar-refractivity contribution in [2.45, 2.75) is 44.7 Å². The first kappa shape index (κ1) is 13.1. The van der Waals surface area contributed by atoms with E-state index in [2.05, 4.69) is 5.32 Å². The SMILES string of the molecule is CC(=O)C1(C)C/C=C\CC(C)(N)C(=O)CN1. The molecule has 4 heteroatoms. The van der Waals surface area contributed by atoms with Gasteiger partial charge in [0.05, 0.1) is 17.6 Å². The Hall–Kier alpha value is -1.00. The minimum atomic E-state index is -0.842. The highest BCUT2D eigenvalue weighted by Crippen LogP contribution is 2.17. The first-order valence-electron chi connectivity index (χ1n) is 5.51. The molecule has 0 aromatic rings.